The highest BCUT2D eigenvalue weighted by Crippen LogP contribution is 2.25. The van der Waals surface area contributed by atoms with Crippen molar-refractivity contribution >= 4 is 22.8 Å². The monoisotopic (exact) mass is 368 g/mol. The van der Waals surface area contributed by atoms with Crippen LogP contribution in [0.2, 0.25) is 0 Å². The van der Waals surface area contributed by atoms with Gasteiger partial charge in [0.25, 0.3) is 5.91 Å². The van der Waals surface area contributed by atoms with Gasteiger partial charge in [0.05, 0.1) is 23.4 Å². The van der Waals surface area contributed by atoms with Crippen LogP contribution in [0, 0.1) is 19.8 Å². The van der Waals surface area contributed by atoms with E-state index >= 15 is 0 Å². The highest BCUT2D eigenvalue weighted by atomic mass is 16.5. The van der Waals surface area contributed by atoms with E-state index < -0.39 is 0 Å². The fourth-order valence-electron chi connectivity index (χ4n) is 3.80. The molecule has 0 N–H and O–H groups in total. The number of aryl methyl sites for hydroxylation is 2. The van der Waals surface area contributed by atoms with Crippen molar-refractivity contribution < 1.29 is 14.3 Å². The Kier molecular flexibility index (Phi) is 6.09. The van der Waals surface area contributed by atoms with Gasteiger partial charge in [-0.15, -0.1) is 0 Å². The van der Waals surface area contributed by atoms with Crippen LogP contribution in [0.5, 0.6) is 0 Å². The first-order valence-corrected chi connectivity index (χ1v) is 9.81. The third-order valence-corrected chi connectivity index (χ3v) is 5.26. The molecular formula is C22H28N2O3. The fourth-order valence-corrected chi connectivity index (χ4v) is 3.80. The SMILES string of the molecule is CCOC(=O)CCC1CCCN(C(=O)c2cc3ccc(C)cc3nc2C)C1. The van der Waals surface area contributed by atoms with Crippen LogP contribution in [-0.4, -0.2) is 41.5 Å². The van der Waals surface area contributed by atoms with Gasteiger partial charge in [0, 0.05) is 24.9 Å². The molecule has 0 radical (unpaired) electrons. The van der Waals surface area contributed by atoms with Gasteiger partial charge in [-0.1, -0.05) is 12.1 Å². The van der Waals surface area contributed by atoms with E-state index in [4.69, 9.17) is 4.74 Å². The van der Waals surface area contributed by atoms with E-state index in [0.29, 0.717) is 31.1 Å². The van der Waals surface area contributed by atoms with Gasteiger partial charge in [-0.2, -0.15) is 0 Å². The summed E-state index contributed by atoms with van der Waals surface area (Å²) in [6, 6.07) is 8.07. The van der Waals surface area contributed by atoms with Crippen LogP contribution < -0.4 is 0 Å². The highest BCUT2D eigenvalue weighted by molar-refractivity contribution is 5.98. The van der Waals surface area contributed by atoms with Gasteiger partial charge in [-0.3, -0.25) is 14.6 Å². The maximum Gasteiger partial charge on any atom is 0.305 e. The average Bonchev–Trinajstić information content (AvgIpc) is 2.66. The van der Waals surface area contributed by atoms with Gasteiger partial charge >= 0.3 is 5.97 Å². The lowest BCUT2D eigenvalue weighted by Gasteiger charge is -2.33. The molecule has 27 heavy (non-hydrogen) atoms. The van der Waals surface area contributed by atoms with Crippen LogP contribution in [0.15, 0.2) is 24.3 Å². The van der Waals surface area contributed by atoms with E-state index in [-0.39, 0.29) is 11.9 Å². The average molecular weight is 368 g/mol. The Bertz CT molecular complexity index is 847. The molecule has 0 spiro atoms. The summed E-state index contributed by atoms with van der Waals surface area (Å²) in [5, 5.41) is 0.991. The lowest BCUT2D eigenvalue weighted by Crippen LogP contribution is -2.40. The molecule has 3 rings (SSSR count). The lowest BCUT2D eigenvalue weighted by molar-refractivity contribution is -0.143. The van der Waals surface area contributed by atoms with Gasteiger partial charge < -0.3 is 9.64 Å². The van der Waals surface area contributed by atoms with E-state index in [1.165, 1.54) is 0 Å². The molecule has 1 amide bonds. The van der Waals surface area contributed by atoms with Crippen molar-refractivity contribution in [3.8, 4) is 0 Å². The van der Waals surface area contributed by atoms with Crippen molar-refractivity contribution in [1.82, 2.24) is 9.88 Å². The summed E-state index contributed by atoms with van der Waals surface area (Å²) in [5.41, 5.74) is 3.54. The van der Waals surface area contributed by atoms with Gasteiger partial charge in [0.1, 0.15) is 0 Å². The molecular weight excluding hydrogens is 340 g/mol. The van der Waals surface area contributed by atoms with E-state index in [1.54, 1.807) is 0 Å². The van der Waals surface area contributed by atoms with E-state index in [1.807, 2.05) is 49.9 Å². The number of likely N-dealkylation sites (tertiary alicyclic amines) is 1. The Balaban J connectivity index is 1.71. The first-order valence-electron chi connectivity index (χ1n) is 9.81. The zero-order valence-corrected chi connectivity index (χ0v) is 16.5. The largest absolute Gasteiger partial charge is 0.466 e. The van der Waals surface area contributed by atoms with Crippen molar-refractivity contribution in [2.24, 2.45) is 5.92 Å². The number of amides is 1. The summed E-state index contributed by atoms with van der Waals surface area (Å²) in [6.45, 7) is 7.64. The topological polar surface area (TPSA) is 59.5 Å². The second-order valence-corrected chi connectivity index (χ2v) is 7.42. The van der Waals surface area contributed by atoms with E-state index in [9.17, 15) is 9.59 Å². The molecule has 1 aromatic carbocycles. The predicted octanol–water partition coefficient (Wildman–Crippen LogP) is 4.05. The molecule has 5 nitrogen and oxygen atoms in total. The number of carbonyl (C=O) groups excluding carboxylic acids is 2. The third-order valence-electron chi connectivity index (χ3n) is 5.26. The number of hydrogen-bond donors (Lipinski definition) is 0. The number of rotatable bonds is 5. The fraction of sp³-hybridized carbons (Fsp3) is 0.500. The Morgan fingerprint density at radius 3 is 2.85 bits per heavy atom. The normalized spacial score (nSPS) is 17.1. The standard InChI is InChI=1S/C22H28N2O3/c1-4-27-21(25)10-8-17-6-5-11-24(14-17)22(26)19-13-18-9-7-15(2)12-20(18)23-16(19)3/h7,9,12-13,17H,4-6,8,10-11,14H2,1-3H3. The Labute approximate surface area is 160 Å². The van der Waals surface area contributed by atoms with Crippen LogP contribution >= 0.6 is 0 Å². The van der Waals surface area contributed by atoms with E-state index in [0.717, 1.165) is 48.0 Å². The lowest BCUT2D eigenvalue weighted by atomic mass is 9.93. The van der Waals surface area contributed by atoms with Gasteiger partial charge in [-0.25, -0.2) is 0 Å². The Morgan fingerprint density at radius 1 is 1.26 bits per heavy atom. The maximum atomic E-state index is 13.1. The van der Waals surface area contributed by atoms with Crippen molar-refractivity contribution in [3.05, 3.63) is 41.1 Å². The number of pyridine rings is 1. The minimum Gasteiger partial charge on any atom is -0.466 e. The number of nitrogens with zero attached hydrogens (tertiary/aromatic N) is 2. The maximum absolute atomic E-state index is 13.1. The number of carbonyl (C=O) groups is 2. The molecule has 1 aliphatic heterocycles. The van der Waals surface area contributed by atoms with Crippen LogP contribution in [0.25, 0.3) is 10.9 Å². The molecule has 1 atom stereocenters. The zero-order chi connectivity index (χ0) is 19.4. The molecule has 0 aliphatic carbocycles. The molecule has 0 saturated carbocycles. The van der Waals surface area contributed by atoms with Crippen molar-refractivity contribution in [3.63, 3.8) is 0 Å². The van der Waals surface area contributed by atoms with Crippen molar-refractivity contribution in [2.75, 3.05) is 19.7 Å². The summed E-state index contributed by atoms with van der Waals surface area (Å²) >= 11 is 0. The third kappa shape index (κ3) is 4.65. The summed E-state index contributed by atoms with van der Waals surface area (Å²) < 4.78 is 5.01. The van der Waals surface area contributed by atoms with Gasteiger partial charge in [0.2, 0.25) is 0 Å². The first kappa shape index (κ1) is 19.3. The van der Waals surface area contributed by atoms with Crippen molar-refractivity contribution in [2.45, 2.75) is 46.5 Å². The Morgan fingerprint density at radius 2 is 2.07 bits per heavy atom. The smallest absolute Gasteiger partial charge is 0.305 e. The molecule has 0 bridgehead atoms. The minimum atomic E-state index is -0.147. The molecule has 1 aliphatic rings. The number of ether oxygens (including phenoxy) is 1. The number of fused-ring (bicyclic) bond motifs is 1. The molecule has 1 unspecified atom stereocenters. The minimum absolute atomic E-state index is 0.0447. The molecule has 144 valence electrons. The second kappa shape index (κ2) is 8.51. The summed E-state index contributed by atoms with van der Waals surface area (Å²) in [4.78, 5) is 31.3. The molecule has 2 aromatic rings. The van der Waals surface area contributed by atoms with Gasteiger partial charge in [-0.05, 0) is 63.6 Å². The summed E-state index contributed by atoms with van der Waals surface area (Å²) in [6.07, 6.45) is 3.23. The predicted molar refractivity (Wildman–Crippen MR) is 106 cm³/mol. The van der Waals surface area contributed by atoms with Crippen LogP contribution in [0.3, 0.4) is 0 Å². The number of aromatic nitrogens is 1. The summed E-state index contributed by atoms with van der Waals surface area (Å²) in [5.74, 6) is 0.248. The Hall–Kier alpha value is -2.43. The molecule has 2 heterocycles. The van der Waals surface area contributed by atoms with Crippen LogP contribution in [-0.2, 0) is 9.53 Å². The molecule has 1 fully saturated rings. The number of piperidine rings is 1. The number of hydrogen-bond acceptors (Lipinski definition) is 4. The zero-order valence-electron chi connectivity index (χ0n) is 16.5. The van der Waals surface area contributed by atoms with E-state index in [2.05, 4.69) is 4.98 Å². The van der Waals surface area contributed by atoms with Crippen molar-refractivity contribution in [1.29, 1.82) is 0 Å². The summed E-state index contributed by atoms with van der Waals surface area (Å²) in [7, 11) is 0. The van der Waals surface area contributed by atoms with Crippen LogP contribution in [0.4, 0.5) is 0 Å². The second-order valence-electron chi connectivity index (χ2n) is 7.42. The first-order chi connectivity index (χ1) is 13.0. The quantitative estimate of drug-likeness (QED) is 0.747. The number of benzene rings is 1. The van der Waals surface area contributed by atoms with Gasteiger partial charge in [0.15, 0.2) is 0 Å². The molecule has 1 aromatic heterocycles. The van der Waals surface area contributed by atoms with Crippen LogP contribution in [0.1, 0.15) is 54.2 Å². The molecule has 5 heteroatoms. The molecule has 1 saturated heterocycles. The highest BCUT2D eigenvalue weighted by Gasteiger charge is 2.26. The number of esters is 1.